The van der Waals surface area contributed by atoms with Gasteiger partial charge in [-0.2, -0.15) is 0 Å². The van der Waals surface area contributed by atoms with Crippen LogP contribution in [0.25, 0.3) is 0 Å². The van der Waals surface area contributed by atoms with E-state index in [9.17, 15) is 14.4 Å². The van der Waals surface area contributed by atoms with Crippen molar-refractivity contribution < 1.29 is 19.1 Å². The van der Waals surface area contributed by atoms with Crippen LogP contribution in [0.4, 0.5) is 5.69 Å². The summed E-state index contributed by atoms with van der Waals surface area (Å²) in [6.45, 7) is 2.86. The second kappa shape index (κ2) is 3.44. The lowest BCUT2D eigenvalue weighted by Crippen LogP contribution is -2.55. The summed E-state index contributed by atoms with van der Waals surface area (Å²) in [4.78, 5) is 36.1. The quantitative estimate of drug-likeness (QED) is 0.768. The summed E-state index contributed by atoms with van der Waals surface area (Å²) in [7, 11) is 0. The molecule has 1 saturated heterocycles. The zero-order valence-electron chi connectivity index (χ0n) is 10.6. The van der Waals surface area contributed by atoms with Gasteiger partial charge in [0.05, 0.1) is 6.42 Å². The standard InChI is InChI=1S/C14H13NO4/c1-8(16)13(2)14(7-11(17)19-13)9-5-3-4-6-10(9)15-12(14)18/h3-6H,7H2,1-2H3,(H,15,18)/t13-,14+/m0/s1. The van der Waals surface area contributed by atoms with Crippen molar-refractivity contribution in [2.75, 3.05) is 5.32 Å². The average molecular weight is 259 g/mol. The van der Waals surface area contributed by atoms with Gasteiger partial charge in [0.15, 0.2) is 11.4 Å². The zero-order chi connectivity index (χ0) is 13.8. The van der Waals surface area contributed by atoms with Gasteiger partial charge in [-0.25, -0.2) is 0 Å². The molecule has 0 aliphatic carbocycles. The van der Waals surface area contributed by atoms with Crippen LogP contribution in [0.15, 0.2) is 24.3 Å². The maximum atomic E-state index is 12.4. The van der Waals surface area contributed by atoms with E-state index in [1.165, 1.54) is 13.8 Å². The molecule has 1 N–H and O–H groups in total. The molecule has 19 heavy (non-hydrogen) atoms. The van der Waals surface area contributed by atoms with Gasteiger partial charge in [-0.15, -0.1) is 0 Å². The molecular weight excluding hydrogens is 246 g/mol. The molecule has 2 aliphatic rings. The van der Waals surface area contributed by atoms with E-state index in [1.807, 2.05) is 0 Å². The van der Waals surface area contributed by atoms with E-state index in [4.69, 9.17) is 4.74 Å². The largest absolute Gasteiger partial charge is 0.450 e. The molecule has 98 valence electrons. The van der Waals surface area contributed by atoms with Crippen molar-refractivity contribution in [1.82, 2.24) is 0 Å². The monoisotopic (exact) mass is 259 g/mol. The summed E-state index contributed by atoms with van der Waals surface area (Å²) in [5, 5.41) is 2.74. The van der Waals surface area contributed by atoms with Crippen LogP contribution in [0.5, 0.6) is 0 Å². The SMILES string of the molecule is CC(=O)[C@]1(C)OC(=O)C[C@@]12C(=O)Nc1ccccc12. The van der Waals surface area contributed by atoms with Crippen LogP contribution in [-0.4, -0.2) is 23.3 Å². The summed E-state index contributed by atoms with van der Waals surface area (Å²) in [5.74, 6) is -1.20. The molecule has 2 atom stereocenters. The number of Topliss-reactive ketones (excluding diaryl/α,β-unsaturated/α-hetero) is 1. The summed E-state index contributed by atoms with van der Waals surface area (Å²) in [6.07, 6.45) is -0.105. The van der Waals surface area contributed by atoms with Gasteiger partial charge in [-0.05, 0) is 25.5 Å². The maximum Gasteiger partial charge on any atom is 0.308 e. The van der Waals surface area contributed by atoms with E-state index in [0.717, 1.165) is 0 Å². The highest BCUT2D eigenvalue weighted by molar-refractivity contribution is 6.14. The number of fused-ring (bicyclic) bond motifs is 2. The minimum atomic E-state index is -1.44. The lowest BCUT2D eigenvalue weighted by molar-refractivity contribution is -0.158. The Morgan fingerprint density at radius 1 is 1.32 bits per heavy atom. The van der Waals surface area contributed by atoms with Gasteiger partial charge >= 0.3 is 5.97 Å². The Labute approximate surface area is 109 Å². The fraction of sp³-hybridized carbons (Fsp3) is 0.357. The van der Waals surface area contributed by atoms with E-state index in [-0.39, 0.29) is 18.1 Å². The highest BCUT2D eigenvalue weighted by Crippen LogP contribution is 2.53. The van der Waals surface area contributed by atoms with Crippen molar-refractivity contribution in [3.8, 4) is 0 Å². The normalized spacial score (nSPS) is 32.1. The first-order chi connectivity index (χ1) is 8.92. The number of benzene rings is 1. The Kier molecular flexibility index (Phi) is 2.15. The number of para-hydroxylation sites is 1. The van der Waals surface area contributed by atoms with Gasteiger partial charge in [0.2, 0.25) is 5.91 Å². The predicted molar refractivity (Wildman–Crippen MR) is 66.5 cm³/mol. The van der Waals surface area contributed by atoms with Gasteiger partial charge in [-0.1, -0.05) is 18.2 Å². The number of amides is 1. The van der Waals surface area contributed by atoms with Crippen LogP contribution in [0.2, 0.25) is 0 Å². The number of carbonyl (C=O) groups excluding carboxylic acids is 3. The van der Waals surface area contributed by atoms with E-state index in [1.54, 1.807) is 24.3 Å². The Morgan fingerprint density at radius 3 is 2.68 bits per heavy atom. The van der Waals surface area contributed by atoms with Crippen molar-refractivity contribution in [2.24, 2.45) is 0 Å². The Morgan fingerprint density at radius 2 is 2.00 bits per heavy atom. The fourth-order valence-corrected chi connectivity index (χ4v) is 3.07. The zero-order valence-corrected chi connectivity index (χ0v) is 10.6. The molecule has 0 unspecified atom stereocenters. The Bertz CT molecular complexity index is 624. The van der Waals surface area contributed by atoms with Crippen molar-refractivity contribution >= 4 is 23.3 Å². The number of cyclic esters (lactones) is 1. The molecule has 0 radical (unpaired) electrons. The molecule has 0 aromatic heterocycles. The highest BCUT2D eigenvalue weighted by Gasteiger charge is 2.68. The molecule has 1 fully saturated rings. The van der Waals surface area contributed by atoms with Crippen LogP contribution in [-0.2, 0) is 24.5 Å². The van der Waals surface area contributed by atoms with Crippen LogP contribution in [0.3, 0.4) is 0 Å². The third-order valence-electron chi connectivity index (χ3n) is 4.24. The van der Waals surface area contributed by atoms with Gasteiger partial charge < -0.3 is 10.1 Å². The van der Waals surface area contributed by atoms with Crippen LogP contribution >= 0.6 is 0 Å². The van der Waals surface area contributed by atoms with E-state index < -0.39 is 17.0 Å². The summed E-state index contributed by atoms with van der Waals surface area (Å²) in [5.41, 5.74) is -1.39. The van der Waals surface area contributed by atoms with Crippen molar-refractivity contribution in [2.45, 2.75) is 31.3 Å². The molecule has 1 amide bonds. The number of esters is 1. The Hall–Kier alpha value is -2.17. The molecule has 0 saturated carbocycles. The van der Waals surface area contributed by atoms with Crippen LogP contribution < -0.4 is 5.32 Å². The number of carbonyl (C=O) groups is 3. The minimum absolute atomic E-state index is 0.105. The molecule has 1 aromatic rings. The first-order valence-electron chi connectivity index (χ1n) is 6.06. The molecule has 0 bridgehead atoms. The van der Waals surface area contributed by atoms with Crippen molar-refractivity contribution in [3.63, 3.8) is 0 Å². The molecule has 5 nitrogen and oxygen atoms in total. The molecule has 2 aliphatic heterocycles. The van der Waals surface area contributed by atoms with Crippen LogP contribution in [0, 0.1) is 0 Å². The topological polar surface area (TPSA) is 72.5 Å². The predicted octanol–water partition coefficient (Wildman–Crippen LogP) is 1.17. The number of hydrogen-bond acceptors (Lipinski definition) is 4. The Balaban J connectivity index is 2.30. The third kappa shape index (κ3) is 1.22. The maximum absolute atomic E-state index is 12.4. The number of nitrogens with one attached hydrogen (secondary N) is 1. The summed E-state index contributed by atoms with van der Waals surface area (Å²) in [6, 6.07) is 7.09. The molecular formula is C14H13NO4. The number of anilines is 1. The van der Waals surface area contributed by atoms with Gasteiger partial charge in [0.25, 0.3) is 0 Å². The van der Waals surface area contributed by atoms with Crippen LogP contribution in [0.1, 0.15) is 25.8 Å². The third-order valence-corrected chi connectivity index (χ3v) is 4.24. The van der Waals surface area contributed by atoms with Gasteiger partial charge in [-0.3, -0.25) is 14.4 Å². The summed E-state index contributed by atoms with van der Waals surface area (Å²) >= 11 is 0. The second-order valence-corrected chi connectivity index (χ2v) is 5.15. The fourth-order valence-electron chi connectivity index (χ4n) is 3.07. The number of ether oxygens (including phenoxy) is 1. The molecule has 3 rings (SSSR count). The number of rotatable bonds is 1. The van der Waals surface area contributed by atoms with E-state index >= 15 is 0 Å². The second-order valence-electron chi connectivity index (χ2n) is 5.15. The molecule has 1 aromatic carbocycles. The molecule has 2 heterocycles. The molecule has 1 spiro atoms. The number of ketones is 1. The lowest BCUT2D eigenvalue weighted by Gasteiger charge is -2.34. The summed E-state index contributed by atoms with van der Waals surface area (Å²) < 4.78 is 5.23. The number of hydrogen-bond donors (Lipinski definition) is 1. The highest BCUT2D eigenvalue weighted by atomic mass is 16.6. The average Bonchev–Trinajstić information content (AvgIpc) is 2.78. The van der Waals surface area contributed by atoms with Gasteiger partial charge in [0, 0.05) is 5.69 Å². The lowest BCUT2D eigenvalue weighted by atomic mass is 9.66. The van der Waals surface area contributed by atoms with Crippen molar-refractivity contribution in [1.29, 1.82) is 0 Å². The smallest absolute Gasteiger partial charge is 0.308 e. The minimum Gasteiger partial charge on any atom is -0.450 e. The first kappa shape index (κ1) is 11.9. The first-order valence-corrected chi connectivity index (χ1v) is 6.06. The van der Waals surface area contributed by atoms with Gasteiger partial charge in [0.1, 0.15) is 5.41 Å². The van der Waals surface area contributed by atoms with E-state index in [2.05, 4.69) is 5.32 Å². The molecule has 5 heteroatoms. The van der Waals surface area contributed by atoms with E-state index in [0.29, 0.717) is 11.3 Å². The van der Waals surface area contributed by atoms with Crippen molar-refractivity contribution in [3.05, 3.63) is 29.8 Å².